The third-order valence-electron chi connectivity index (χ3n) is 2.58. The van der Waals surface area contributed by atoms with E-state index in [0.29, 0.717) is 0 Å². The normalized spacial score (nSPS) is 10.0. The van der Waals surface area contributed by atoms with Crippen LogP contribution in [0, 0.1) is 0 Å². The summed E-state index contributed by atoms with van der Waals surface area (Å²) in [5.41, 5.74) is 0. The number of rotatable bonds is 4. The molecule has 0 aliphatic heterocycles. The van der Waals surface area contributed by atoms with Gasteiger partial charge in [0.15, 0.2) is 0 Å². The number of benzene rings is 2. The van der Waals surface area contributed by atoms with Gasteiger partial charge in [-0.05, 0) is 24.7 Å². The lowest BCUT2D eigenvalue weighted by Crippen LogP contribution is -2.13. The summed E-state index contributed by atoms with van der Waals surface area (Å²) in [5.74, 6) is 0. The number of halogens is 1. The predicted molar refractivity (Wildman–Crippen MR) is 81.5 cm³/mol. The van der Waals surface area contributed by atoms with Crippen LogP contribution in [0.15, 0.2) is 60.7 Å². The van der Waals surface area contributed by atoms with Crippen molar-refractivity contribution in [3.05, 3.63) is 60.7 Å². The summed E-state index contributed by atoms with van der Waals surface area (Å²) in [6.07, 6.45) is 2.53. The number of hydrogen-bond acceptors (Lipinski definition) is 0. The van der Waals surface area contributed by atoms with Crippen LogP contribution in [-0.4, -0.2) is 6.16 Å². The average molecular weight is 265 g/mol. The van der Waals surface area contributed by atoms with Gasteiger partial charge >= 0.3 is 0 Å². The summed E-state index contributed by atoms with van der Waals surface area (Å²) in [5, 5.41) is 2.98. The van der Waals surface area contributed by atoms with Crippen molar-refractivity contribution in [2.75, 3.05) is 6.16 Å². The Balaban J connectivity index is 0.00000144. The molecule has 2 aromatic rings. The van der Waals surface area contributed by atoms with E-state index in [-0.39, 0.29) is 20.3 Å². The molecule has 0 amide bonds. The first-order chi connectivity index (χ1) is 7.92. The molecule has 90 valence electrons. The van der Waals surface area contributed by atoms with Crippen molar-refractivity contribution < 1.29 is 0 Å². The largest absolute Gasteiger partial charge is 0.147 e. The van der Waals surface area contributed by atoms with Gasteiger partial charge in [-0.2, -0.15) is 0 Å². The van der Waals surface area contributed by atoms with E-state index in [1.165, 1.54) is 23.2 Å². The zero-order valence-electron chi connectivity index (χ0n) is 10.0. The molecule has 0 unspecified atom stereocenters. The summed E-state index contributed by atoms with van der Waals surface area (Å²) >= 11 is 0. The van der Waals surface area contributed by atoms with Crippen molar-refractivity contribution in [1.82, 2.24) is 0 Å². The zero-order chi connectivity index (χ0) is 11.2. The van der Waals surface area contributed by atoms with Crippen molar-refractivity contribution in [2.24, 2.45) is 0 Å². The van der Waals surface area contributed by atoms with Gasteiger partial charge in [0.25, 0.3) is 0 Å². The fourth-order valence-electron chi connectivity index (χ4n) is 1.85. The maximum Gasteiger partial charge on any atom is -0.0195 e. The molecule has 0 aliphatic rings. The summed E-state index contributed by atoms with van der Waals surface area (Å²) in [6, 6.07) is 21.8. The van der Waals surface area contributed by atoms with Crippen LogP contribution in [-0.2, 0) is 0 Å². The Kier molecular flexibility index (Phi) is 6.26. The van der Waals surface area contributed by atoms with Crippen LogP contribution in [0.1, 0.15) is 13.3 Å². The van der Waals surface area contributed by atoms with Crippen LogP contribution in [0.2, 0.25) is 0 Å². The maximum atomic E-state index is 2.27. The fraction of sp³-hybridized carbons (Fsp3) is 0.200. The molecule has 0 aliphatic carbocycles. The van der Waals surface area contributed by atoms with Crippen LogP contribution in [0.3, 0.4) is 0 Å². The third-order valence-corrected chi connectivity index (χ3v) is 5.32. The monoisotopic (exact) mass is 264 g/mol. The molecule has 0 aromatic heterocycles. The summed E-state index contributed by atoms with van der Waals surface area (Å²) in [4.78, 5) is 0. The lowest BCUT2D eigenvalue weighted by molar-refractivity contribution is 1.10. The first-order valence-electron chi connectivity index (χ1n) is 5.79. The molecular weight excluding hydrogens is 247 g/mol. The second-order valence-electron chi connectivity index (χ2n) is 3.82. The molecule has 0 saturated heterocycles. The SMILES string of the molecule is CCCP(c1ccccc1)c1ccccc1.Cl. The van der Waals surface area contributed by atoms with Gasteiger partial charge in [0.05, 0.1) is 0 Å². The molecular formula is C15H18ClP. The van der Waals surface area contributed by atoms with E-state index in [9.17, 15) is 0 Å². The van der Waals surface area contributed by atoms with Crippen molar-refractivity contribution in [2.45, 2.75) is 13.3 Å². The molecule has 0 radical (unpaired) electrons. The lowest BCUT2D eigenvalue weighted by atomic mass is 10.4. The second kappa shape index (κ2) is 7.48. The Morgan fingerprint density at radius 3 is 1.53 bits per heavy atom. The van der Waals surface area contributed by atoms with E-state index >= 15 is 0 Å². The Morgan fingerprint density at radius 2 is 1.18 bits per heavy atom. The van der Waals surface area contributed by atoms with Gasteiger partial charge < -0.3 is 0 Å². The van der Waals surface area contributed by atoms with Crippen molar-refractivity contribution in [3.63, 3.8) is 0 Å². The van der Waals surface area contributed by atoms with E-state index in [0.717, 1.165) is 0 Å². The Labute approximate surface area is 111 Å². The summed E-state index contributed by atoms with van der Waals surface area (Å²) in [6.45, 7) is 2.27. The Morgan fingerprint density at radius 1 is 0.765 bits per heavy atom. The molecule has 2 heteroatoms. The van der Waals surface area contributed by atoms with Gasteiger partial charge in [-0.25, -0.2) is 0 Å². The molecule has 2 rings (SSSR count). The van der Waals surface area contributed by atoms with Gasteiger partial charge in [-0.1, -0.05) is 74.0 Å². The minimum absolute atomic E-state index is 0. The van der Waals surface area contributed by atoms with Crippen LogP contribution >= 0.6 is 20.3 Å². The number of hydrogen-bond donors (Lipinski definition) is 0. The van der Waals surface area contributed by atoms with Crippen LogP contribution in [0.25, 0.3) is 0 Å². The first kappa shape index (κ1) is 14.2. The molecule has 0 N–H and O–H groups in total. The third kappa shape index (κ3) is 3.84. The molecule has 0 nitrogen and oxygen atoms in total. The van der Waals surface area contributed by atoms with E-state index < -0.39 is 0 Å². The van der Waals surface area contributed by atoms with Gasteiger partial charge in [0, 0.05) is 0 Å². The van der Waals surface area contributed by atoms with E-state index in [2.05, 4.69) is 67.6 Å². The van der Waals surface area contributed by atoms with Gasteiger partial charge in [0.2, 0.25) is 0 Å². The van der Waals surface area contributed by atoms with E-state index in [1.807, 2.05) is 0 Å². The highest BCUT2D eigenvalue weighted by Crippen LogP contribution is 2.33. The van der Waals surface area contributed by atoms with E-state index in [4.69, 9.17) is 0 Å². The van der Waals surface area contributed by atoms with Gasteiger partial charge in [-0.3, -0.25) is 0 Å². The Hall–Kier alpha value is -0.840. The van der Waals surface area contributed by atoms with Crippen LogP contribution in [0.4, 0.5) is 0 Å². The molecule has 0 saturated carbocycles. The minimum Gasteiger partial charge on any atom is -0.147 e. The summed E-state index contributed by atoms with van der Waals surface area (Å²) in [7, 11) is -0.151. The zero-order valence-corrected chi connectivity index (χ0v) is 11.8. The molecule has 17 heavy (non-hydrogen) atoms. The Bertz CT molecular complexity index is 374. The van der Waals surface area contributed by atoms with Gasteiger partial charge in [-0.15, -0.1) is 12.4 Å². The molecule has 0 fully saturated rings. The molecule has 0 atom stereocenters. The fourth-order valence-corrected chi connectivity index (χ4v) is 4.17. The maximum absolute atomic E-state index is 2.27. The highest BCUT2D eigenvalue weighted by Gasteiger charge is 2.11. The molecule has 0 heterocycles. The topological polar surface area (TPSA) is 0 Å². The highest BCUT2D eigenvalue weighted by molar-refractivity contribution is 7.73. The first-order valence-corrected chi connectivity index (χ1v) is 7.32. The van der Waals surface area contributed by atoms with Crippen LogP contribution in [0.5, 0.6) is 0 Å². The van der Waals surface area contributed by atoms with Crippen molar-refractivity contribution >= 4 is 30.9 Å². The van der Waals surface area contributed by atoms with Crippen LogP contribution < -0.4 is 10.6 Å². The molecule has 2 aromatic carbocycles. The quantitative estimate of drug-likeness (QED) is 0.734. The summed E-state index contributed by atoms with van der Waals surface area (Å²) < 4.78 is 0. The minimum atomic E-state index is -0.151. The standard InChI is InChI=1S/C15H17P.ClH/c1-2-13-16(14-9-5-3-6-10-14)15-11-7-4-8-12-15;/h3-12H,2,13H2,1H3;1H. The lowest BCUT2D eigenvalue weighted by Gasteiger charge is -2.17. The van der Waals surface area contributed by atoms with Crippen molar-refractivity contribution in [1.29, 1.82) is 0 Å². The predicted octanol–water partition coefficient (Wildman–Crippen LogP) is 3.95. The molecule has 0 bridgehead atoms. The average Bonchev–Trinajstić information content (AvgIpc) is 2.38. The van der Waals surface area contributed by atoms with E-state index in [1.54, 1.807) is 0 Å². The highest BCUT2D eigenvalue weighted by atomic mass is 35.5. The molecule has 0 spiro atoms. The van der Waals surface area contributed by atoms with Gasteiger partial charge in [0.1, 0.15) is 0 Å². The van der Waals surface area contributed by atoms with Crippen molar-refractivity contribution in [3.8, 4) is 0 Å². The second-order valence-corrected chi connectivity index (χ2v) is 6.16. The smallest absolute Gasteiger partial charge is 0.0195 e.